The van der Waals surface area contributed by atoms with E-state index in [-0.39, 0.29) is 12.4 Å². The highest BCUT2D eigenvalue weighted by Gasteiger charge is 2.23. The number of ether oxygens (including phenoxy) is 1. The van der Waals surface area contributed by atoms with Crippen LogP contribution in [-0.2, 0) is 6.54 Å². The van der Waals surface area contributed by atoms with Crippen molar-refractivity contribution in [3.63, 3.8) is 0 Å². The zero-order valence-corrected chi connectivity index (χ0v) is 16.3. The van der Waals surface area contributed by atoms with Gasteiger partial charge in [0.1, 0.15) is 0 Å². The van der Waals surface area contributed by atoms with Gasteiger partial charge in [-0.2, -0.15) is 4.37 Å². The van der Waals surface area contributed by atoms with Crippen LogP contribution in [0.1, 0.15) is 15.9 Å². The van der Waals surface area contributed by atoms with Crippen molar-refractivity contribution in [1.29, 1.82) is 0 Å². The first-order valence-corrected chi connectivity index (χ1v) is 10.1. The molecule has 0 atom stereocenters. The molecule has 0 radical (unpaired) electrons. The molecule has 1 fully saturated rings. The maximum atomic E-state index is 12.3. The van der Waals surface area contributed by atoms with Gasteiger partial charge in [0.05, 0.1) is 11.7 Å². The normalized spacial score (nSPS) is 14.8. The van der Waals surface area contributed by atoms with Crippen LogP contribution in [0.4, 0.5) is 5.82 Å². The molecule has 0 aliphatic carbocycles. The van der Waals surface area contributed by atoms with Gasteiger partial charge >= 0.3 is 0 Å². The molecule has 3 aromatic rings. The first-order chi connectivity index (χ1) is 13.8. The predicted molar refractivity (Wildman–Crippen MR) is 110 cm³/mol. The maximum absolute atomic E-state index is 12.3. The van der Waals surface area contributed by atoms with Crippen LogP contribution >= 0.6 is 11.7 Å². The molecule has 0 unspecified atom stereocenters. The first kappa shape index (κ1) is 18.6. The third-order valence-corrected chi connectivity index (χ3v) is 5.30. The third-order valence-electron chi connectivity index (χ3n) is 4.80. The van der Waals surface area contributed by atoms with E-state index >= 15 is 0 Å². The maximum Gasteiger partial charge on any atom is 0.271 e. The lowest BCUT2D eigenvalue weighted by atomic mass is 10.1. The summed E-state index contributed by atoms with van der Waals surface area (Å²) in [5, 5.41) is 0. The van der Waals surface area contributed by atoms with Crippen LogP contribution in [-0.4, -0.2) is 52.2 Å². The molecule has 28 heavy (non-hydrogen) atoms. The molecule has 0 bridgehead atoms. The number of Topliss-reactive ketones (excluding diaryl/α,β-unsaturated/α-hetero) is 1. The van der Waals surface area contributed by atoms with Crippen molar-refractivity contribution in [2.75, 3.05) is 37.7 Å². The highest BCUT2D eigenvalue weighted by molar-refractivity contribution is 6.99. The van der Waals surface area contributed by atoms with E-state index in [1.165, 1.54) is 5.56 Å². The standard InChI is InChI=1S/C21H22N4O2S/c26-19(18-9-5-2-6-10-18)16-27-21-20(22-28-23-21)25-13-11-24(12-14-25)15-17-7-3-1-4-8-17/h1-10H,11-16H2. The summed E-state index contributed by atoms with van der Waals surface area (Å²) in [6, 6.07) is 19.7. The summed E-state index contributed by atoms with van der Waals surface area (Å²) in [5.74, 6) is 1.13. The smallest absolute Gasteiger partial charge is 0.271 e. The lowest BCUT2D eigenvalue weighted by Gasteiger charge is -2.34. The second kappa shape index (κ2) is 8.95. The Morgan fingerprint density at radius 3 is 2.32 bits per heavy atom. The number of carbonyl (C=O) groups excluding carboxylic acids is 1. The van der Waals surface area contributed by atoms with Gasteiger partial charge in [0, 0.05) is 38.3 Å². The third kappa shape index (κ3) is 4.55. The van der Waals surface area contributed by atoms with Gasteiger partial charge in [0.15, 0.2) is 12.4 Å². The number of hydrogen-bond donors (Lipinski definition) is 0. The van der Waals surface area contributed by atoms with E-state index in [4.69, 9.17) is 4.74 Å². The molecule has 1 aromatic heterocycles. The van der Waals surface area contributed by atoms with Crippen molar-refractivity contribution in [2.45, 2.75) is 6.54 Å². The molecule has 2 aromatic carbocycles. The Hall–Kier alpha value is -2.77. The summed E-state index contributed by atoms with van der Waals surface area (Å²) in [6.07, 6.45) is 0. The molecule has 4 rings (SSSR count). The average Bonchev–Trinajstić information content (AvgIpc) is 3.22. The quantitative estimate of drug-likeness (QED) is 0.574. The van der Waals surface area contributed by atoms with E-state index in [9.17, 15) is 4.79 Å². The summed E-state index contributed by atoms with van der Waals surface area (Å²) in [4.78, 5) is 16.9. The van der Waals surface area contributed by atoms with Crippen LogP contribution in [0.25, 0.3) is 0 Å². The van der Waals surface area contributed by atoms with E-state index in [0.29, 0.717) is 11.4 Å². The molecule has 0 spiro atoms. The number of aromatic nitrogens is 2. The zero-order valence-electron chi connectivity index (χ0n) is 15.5. The minimum Gasteiger partial charge on any atom is -0.466 e. The van der Waals surface area contributed by atoms with Crippen LogP contribution in [0, 0.1) is 0 Å². The molecule has 1 aliphatic rings. The summed E-state index contributed by atoms with van der Waals surface area (Å²) in [6.45, 7) is 4.56. The fourth-order valence-corrected chi connectivity index (χ4v) is 3.78. The molecule has 0 amide bonds. The lowest BCUT2D eigenvalue weighted by Crippen LogP contribution is -2.46. The summed E-state index contributed by atoms with van der Waals surface area (Å²) < 4.78 is 14.3. The van der Waals surface area contributed by atoms with Crippen molar-refractivity contribution >= 4 is 23.3 Å². The van der Waals surface area contributed by atoms with Crippen LogP contribution in [0.15, 0.2) is 60.7 Å². The van der Waals surface area contributed by atoms with Crippen LogP contribution < -0.4 is 9.64 Å². The predicted octanol–water partition coefficient (Wildman–Crippen LogP) is 3.12. The molecular weight excluding hydrogens is 372 g/mol. The first-order valence-electron chi connectivity index (χ1n) is 9.34. The molecule has 7 heteroatoms. The highest BCUT2D eigenvalue weighted by Crippen LogP contribution is 2.27. The fraction of sp³-hybridized carbons (Fsp3) is 0.286. The van der Waals surface area contributed by atoms with Crippen LogP contribution in [0.3, 0.4) is 0 Å². The van der Waals surface area contributed by atoms with Crippen LogP contribution in [0.2, 0.25) is 0 Å². The van der Waals surface area contributed by atoms with Gasteiger partial charge in [-0.3, -0.25) is 9.69 Å². The molecule has 1 aliphatic heterocycles. The van der Waals surface area contributed by atoms with Gasteiger partial charge in [-0.15, -0.1) is 4.37 Å². The summed E-state index contributed by atoms with van der Waals surface area (Å²) in [5.41, 5.74) is 1.97. The Morgan fingerprint density at radius 1 is 0.929 bits per heavy atom. The molecule has 0 N–H and O–H groups in total. The van der Waals surface area contributed by atoms with Crippen LogP contribution in [0.5, 0.6) is 5.88 Å². The van der Waals surface area contributed by atoms with Gasteiger partial charge in [-0.05, 0) is 5.56 Å². The molecular formula is C21H22N4O2S. The number of benzene rings is 2. The van der Waals surface area contributed by atoms with Crippen molar-refractivity contribution in [1.82, 2.24) is 13.6 Å². The molecule has 1 saturated heterocycles. The number of hydrogen-bond acceptors (Lipinski definition) is 7. The molecule has 144 valence electrons. The Labute approximate surface area is 168 Å². The van der Waals surface area contributed by atoms with E-state index in [1.807, 2.05) is 24.3 Å². The summed E-state index contributed by atoms with van der Waals surface area (Å²) >= 11 is 1.12. The van der Waals surface area contributed by atoms with E-state index in [1.54, 1.807) is 12.1 Å². The van der Waals surface area contributed by atoms with Gasteiger partial charge in [-0.25, -0.2) is 0 Å². The van der Waals surface area contributed by atoms with Gasteiger partial charge in [0.25, 0.3) is 5.88 Å². The second-order valence-electron chi connectivity index (χ2n) is 6.72. The van der Waals surface area contributed by atoms with E-state index in [0.717, 1.165) is 50.3 Å². The van der Waals surface area contributed by atoms with Crippen molar-refractivity contribution in [2.24, 2.45) is 0 Å². The van der Waals surface area contributed by atoms with Crippen molar-refractivity contribution < 1.29 is 9.53 Å². The monoisotopic (exact) mass is 394 g/mol. The van der Waals surface area contributed by atoms with Gasteiger partial charge < -0.3 is 9.64 Å². The lowest BCUT2D eigenvalue weighted by molar-refractivity contribution is 0.0919. The highest BCUT2D eigenvalue weighted by atomic mass is 32.1. The zero-order chi connectivity index (χ0) is 19.2. The Kier molecular flexibility index (Phi) is 5.94. The Morgan fingerprint density at radius 2 is 1.61 bits per heavy atom. The second-order valence-corrected chi connectivity index (χ2v) is 7.25. The van der Waals surface area contributed by atoms with Crippen molar-refractivity contribution in [3.8, 4) is 5.88 Å². The van der Waals surface area contributed by atoms with Gasteiger partial charge in [-0.1, -0.05) is 60.7 Å². The number of carbonyl (C=O) groups is 1. The number of piperazine rings is 1. The topological polar surface area (TPSA) is 58.6 Å². The molecule has 2 heterocycles. The largest absolute Gasteiger partial charge is 0.466 e. The van der Waals surface area contributed by atoms with E-state index in [2.05, 4.69) is 42.8 Å². The SMILES string of the molecule is O=C(COc1nsnc1N1CCN(Cc2ccccc2)CC1)c1ccccc1. The fourth-order valence-electron chi connectivity index (χ4n) is 3.26. The average molecular weight is 395 g/mol. The minimum atomic E-state index is -0.0627. The minimum absolute atomic E-state index is 0.0314. The molecule has 6 nitrogen and oxygen atoms in total. The van der Waals surface area contributed by atoms with Crippen molar-refractivity contribution in [3.05, 3.63) is 71.8 Å². The van der Waals surface area contributed by atoms with Gasteiger partial charge in [0.2, 0.25) is 5.82 Å². The number of ketones is 1. The number of rotatable bonds is 7. The van der Waals surface area contributed by atoms with E-state index < -0.39 is 0 Å². The number of nitrogens with zero attached hydrogens (tertiary/aromatic N) is 4. The number of anilines is 1. The molecule has 0 saturated carbocycles. The Balaban J connectivity index is 1.31. The Bertz CT molecular complexity index is 893. The summed E-state index contributed by atoms with van der Waals surface area (Å²) in [7, 11) is 0.